The van der Waals surface area contributed by atoms with Gasteiger partial charge in [-0.1, -0.05) is 6.92 Å². The summed E-state index contributed by atoms with van der Waals surface area (Å²) in [7, 11) is 1.67. The predicted molar refractivity (Wildman–Crippen MR) is 74.6 cm³/mol. The highest BCUT2D eigenvalue weighted by Crippen LogP contribution is 2.37. The van der Waals surface area contributed by atoms with Crippen molar-refractivity contribution in [1.29, 1.82) is 0 Å². The molecule has 0 unspecified atom stereocenters. The third-order valence-corrected chi connectivity index (χ3v) is 4.29. The average molecular weight is 260 g/mol. The number of rotatable bonds is 3. The highest BCUT2D eigenvalue weighted by molar-refractivity contribution is 5.74. The number of oxazole rings is 1. The maximum Gasteiger partial charge on any atom is 0.201 e. The number of hydrogen-bond donors (Lipinski definition) is 1. The molecule has 2 aromatic rings. The molecule has 1 aromatic heterocycles. The zero-order valence-electron chi connectivity index (χ0n) is 11.5. The van der Waals surface area contributed by atoms with E-state index >= 15 is 0 Å². The first-order valence-electron chi connectivity index (χ1n) is 6.93. The van der Waals surface area contributed by atoms with Crippen LogP contribution in [0.4, 0.5) is 0 Å². The molecule has 1 N–H and O–H groups in total. The molecule has 2 heterocycles. The fraction of sp³-hybridized carbons (Fsp3) is 0.533. The zero-order chi connectivity index (χ0) is 13.3. The fourth-order valence-corrected chi connectivity index (χ4v) is 2.88. The number of nitrogens with zero attached hydrogens (tertiary/aromatic N) is 1. The highest BCUT2D eigenvalue weighted by Gasteiger charge is 2.36. The lowest BCUT2D eigenvalue weighted by Gasteiger charge is -2.33. The minimum absolute atomic E-state index is 0.0947. The Morgan fingerprint density at radius 1 is 1.37 bits per heavy atom. The van der Waals surface area contributed by atoms with E-state index in [4.69, 9.17) is 14.1 Å². The summed E-state index contributed by atoms with van der Waals surface area (Å²) in [5.41, 5.74) is 1.83. The van der Waals surface area contributed by atoms with Crippen LogP contribution in [0.15, 0.2) is 22.6 Å². The van der Waals surface area contributed by atoms with Crippen molar-refractivity contribution in [3.8, 4) is 5.75 Å². The molecule has 0 spiro atoms. The molecule has 19 heavy (non-hydrogen) atoms. The smallest absolute Gasteiger partial charge is 0.201 e. The van der Waals surface area contributed by atoms with Gasteiger partial charge in [0.1, 0.15) is 11.3 Å². The number of ether oxygens (including phenoxy) is 1. The molecule has 1 saturated heterocycles. The van der Waals surface area contributed by atoms with E-state index in [9.17, 15) is 0 Å². The topological polar surface area (TPSA) is 47.3 Å². The Morgan fingerprint density at radius 2 is 2.16 bits per heavy atom. The van der Waals surface area contributed by atoms with Crippen LogP contribution in [0.2, 0.25) is 0 Å². The first-order valence-corrected chi connectivity index (χ1v) is 6.93. The maximum atomic E-state index is 6.03. The Bertz CT molecular complexity index is 571. The van der Waals surface area contributed by atoms with Crippen LogP contribution in [0.3, 0.4) is 0 Å². The second-order valence-electron chi connectivity index (χ2n) is 5.24. The zero-order valence-corrected chi connectivity index (χ0v) is 11.5. The van der Waals surface area contributed by atoms with Crippen molar-refractivity contribution in [2.45, 2.75) is 31.6 Å². The molecule has 4 nitrogen and oxygen atoms in total. The van der Waals surface area contributed by atoms with Crippen molar-refractivity contribution in [2.75, 3.05) is 20.2 Å². The van der Waals surface area contributed by atoms with Crippen LogP contribution in [0.25, 0.3) is 11.1 Å². The third-order valence-electron chi connectivity index (χ3n) is 4.29. The van der Waals surface area contributed by atoms with Crippen molar-refractivity contribution in [3.63, 3.8) is 0 Å². The van der Waals surface area contributed by atoms with Gasteiger partial charge < -0.3 is 14.5 Å². The minimum Gasteiger partial charge on any atom is -0.497 e. The first kappa shape index (κ1) is 12.5. The second kappa shape index (κ2) is 4.85. The van der Waals surface area contributed by atoms with Gasteiger partial charge in [-0.2, -0.15) is 0 Å². The van der Waals surface area contributed by atoms with Gasteiger partial charge in [0.05, 0.1) is 7.11 Å². The molecule has 3 rings (SSSR count). The Kier molecular flexibility index (Phi) is 3.19. The molecular formula is C15H20N2O2. The summed E-state index contributed by atoms with van der Waals surface area (Å²) in [6, 6.07) is 5.80. The van der Waals surface area contributed by atoms with Gasteiger partial charge in [0.25, 0.3) is 0 Å². The molecule has 0 amide bonds. The van der Waals surface area contributed by atoms with Crippen molar-refractivity contribution >= 4 is 11.1 Å². The van der Waals surface area contributed by atoms with Gasteiger partial charge in [-0.15, -0.1) is 0 Å². The van der Waals surface area contributed by atoms with E-state index in [0.29, 0.717) is 0 Å². The Hall–Kier alpha value is -1.55. The summed E-state index contributed by atoms with van der Waals surface area (Å²) in [4.78, 5) is 4.70. The van der Waals surface area contributed by atoms with Crippen LogP contribution in [0, 0.1) is 0 Å². The lowest BCUT2D eigenvalue weighted by atomic mass is 9.76. The van der Waals surface area contributed by atoms with Gasteiger partial charge >= 0.3 is 0 Å². The van der Waals surface area contributed by atoms with Crippen LogP contribution in [-0.2, 0) is 5.41 Å². The summed E-state index contributed by atoms with van der Waals surface area (Å²) in [6.45, 7) is 4.30. The van der Waals surface area contributed by atoms with Crippen LogP contribution in [-0.4, -0.2) is 25.2 Å². The Balaban J connectivity index is 2.03. The number of methoxy groups -OCH3 is 1. The molecule has 0 aliphatic carbocycles. The summed E-state index contributed by atoms with van der Waals surface area (Å²) >= 11 is 0. The van der Waals surface area contributed by atoms with Gasteiger partial charge in [0, 0.05) is 11.5 Å². The van der Waals surface area contributed by atoms with Crippen molar-refractivity contribution in [1.82, 2.24) is 10.3 Å². The van der Waals surface area contributed by atoms with Gasteiger partial charge in [-0.3, -0.25) is 0 Å². The number of fused-ring (bicyclic) bond motifs is 1. The van der Waals surface area contributed by atoms with E-state index in [1.165, 1.54) is 0 Å². The first-order chi connectivity index (χ1) is 9.27. The number of benzene rings is 1. The van der Waals surface area contributed by atoms with Crippen molar-refractivity contribution < 1.29 is 9.15 Å². The third kappa shape index (κ3) is 2.10. The monoisotopic (exact) mass is 260 g/mol. The van der Waals surface area contributed by atoms with Crippen LogP contribution in [0.5, 0.6) is 5.75 Å². The van der Waals surface area contributed by atoms with E-state index < -0.39 is 0 Å². The van der Waals surface area contributed by atoms with Crippen LogP contribution in [0.1, 0.15) is 32.1 Å². The van der Waals surface area contributed by atoms with Gasteiger partial charge in [-0.25, -0.2) is 4.98 Å². The average Bonchev–Trinajstić information content (AvgIpc) is 2.91. The predicted octanol–water partition coefficient (Wildman–Crippen LogP) is 2.87. The SMILES string of the molecule is CCC1(c2nc3ccc(OC)cc3o2)CCNCC1. The van der Waals surface area contributed by atoms with Gasteiger partial charge in [0.2, 0.25) is 5.89 Å². The molecule has 0 radical (unpaired) electrons. The molecule has 4 heteroatoms. The maximum absolute atomic E-state index is 6.03. The van der Waals surface area contributed by atoms with Crippen molar-refractivity contribution in [2.24, 2.45) is 0 Å². The highest BCUT2D eigenvalue weighted by atomic mass is 16.5. The Morgan fingerprint density at radius 3 is 2.84 bits per heavy atom. The molecule has 0 saturated carbocycles. The lowest BCUT2D eigenvalue weighted by molar-refractivity contribution is 0.243. The van der Waals surface area contributed by atoms with E-state index in [-0.39, 0.29) is 5.41 Å². The standard InChI is InChI=1S/C15H20N2O2/c1-3-15(6-8-16-9-7-15)14-17-12-5-4-11(18-2)10-13(12)19-14/h4-5,10,16H,3,6-9H2,1-2H3. The van der Waals surface area contributed by atoms with Crippen LogP contribution < -0.4 is 10.1 Å². The molecule has 102 valence electrons. The number of hydrogen-bond acceptors (Lipinski definition) is 4. The number of piperidine rings is 1. The van der Waals surface area contributed by atoms with E-state index in [1.54, 1.807) is 7.11 Å². The fourth-order valence-electron chi connectivity index (χ4n) is 2.88. The molecule has 1 aromatic carbocycles. The second-order valence-corrected chi connectivity index (χ2v) is 5.24. The van der Waals surface area contributed by atoms with Crippen molar-refractivity contribution in [3.05, 3.63) is 24.1 Å². The number of aromatic nitrogens is 1. The quantitative estimate of drug-likeness (QED) is 0.921. The summed E-state index contributed by atoms with van der Waals surface area (Å²) in [6.07, 6.45) is 3.25. The van der Waals surface area contributed by atoms with E-state index in [0.717, 1.165) is 55.1 Å². The Labute approximate surface area is 113 Å². The number of nitrogens with one attached hydrogen (secondary N) is 1. The van der Waals surface area contributed by atoms with E-state index in [2.05, 4.69) is 12.2 Å². The summed E-state index contributed by atoms with van der Waals surface area (Å²) < 4.78 is 11.3. The molecule has 0 bridgehead atoms. The normalized spacial score (nSPS) is 18.6. The summed E-state index contributed by atoms with van der Waals surface area (Å²) in [5.74, 6) is 1.70. The molecule has 1 aliphatic rings. The van der Waals surface area contributed by atoms with Gasteiger partial charge in [0.15, 0.2) is 5.58 Å². The molecule has 1 aliphatic heterocycles. The molecule has 0 atom stereocenters. The molecular weight excluding hydrogens is 240 g/mol. The molecule has 1 fully saturated rings. The minimum atomic E-state index is 0.0947. The largest absolute Gasteiger partial charge is 0.497 e. The lowest BCUT2D eigenvalue weighted by Crippen LogP contribution is -2.39. The van der Waals surface area contributed by atoms with E-state index in [1.807, 2.05) is 18.2 Å². The summed E-state index contributed by atoms with van der Waals surface area (Å²) in [5, 5.41) is 3.41. The van der Waals surface area contributed by atoms with Crippen LogP contribution >= 0.6 is 0 Å². The van der Waals surface area contributed by atoms with Gasteiger partial charge in [-0.05, 0) is 44.5 Å².